The van der Waals surface area contributed by atoms with E-state index in [1.54, 1.807) is 6.20 Å². The average Bonchev–Trinajstić information content (AvgIpc) is 1.52. The van der Waals surface area contributed by atoms with E-state index in [1.165, 1.54) is 59.6 Å². The molecule has 0 aliphatic rings. The molecule has 11 aromatic heterocycles. The number of rotatable bonds is 5. The Hall–Kier alpha value is -13.6. The lowest BCUT2D eigenvalue weighted by molar-refractivity contribution is 1.01. The predicted octanol–water partition coefficient (Wildman–Crippen LogP) is 20.9. The lowest BCUT2D eigenvalue weighted by Gasteiger charge is -2.12. The number of pyridine rings is 3. The monoisotopic (exact) mass is 1230 g/mol. The fraction of sp³-hybridized carbons (Fsp3) is 0. The molecular weight excluding hydrogens is 1190 g/mol. The van der Waals surface area contributed by atoms with Gasteiger partial charge >= 0.3 is 0 Å². The van der Waals surface area contributed by atoms with Crippen molar-refractivity contribution in [2.24, 2.45) is 0 Å². The second-order valence-corrected chi connectivity index (χ2v) is 25.9. The number of aromatic nitrogens is 10. The van der Waals surface area contributed by atoms with Gasteiger partial charge in [-0.3, -0.25) is 14.1 Å². The van der Waals surface area contributed by atoms with Gasteiger partial charge in [0.25, 0.3) is 0 Å². The summed E-state index contributed by atoms with van der Waals surface area (Å²) in [7, 11) is 0. The summed E-state index contributed by atoms with van der Waals surface area (Å²) < 4.78 is 11.9. The first kappa shape index (κ1) is 51.0. The molecule has 0 unspecified atom stereocenters. The molecular formula is C86H45N11. The maximum atomic E-state index is 10.0. The average molecular weight is 1230 g/mol. The zero-order valence-electron chi connectivity index (χ0n) is 51.4. The SMILES string of the molecule is N#Cc1cccc(-c2nc(-n3c4ccccc4c4cc5c6cc(-c7cncc8c7c7ccccc7n8-c7ccc(-n8c9ccccc9c9cc%10c%11ccccc%11n%11c%12cc%13ccccc%13cc%12c(c98)c%10%11)nc7)ccc6n6c7cc8ccccc8cc7c(c43)c56)nc3ncccc23)c1. The van der Waals surface area contributed by atoms with E-state index in [1.807, 2.05) is 55.0 Å². The Balaban J connectivity index is 0.732. The molecule has 0 bridgehead atoms. The molecule has 0 amide bonds. The van der Waals surface area contributed by atoms with E-state index in [0.717, 1.165) is 137 Å². The summed E-state index contributed by atoms with van der Waals surface area (Å²) in [6, 6.07) is 91.9. The van der Waals surface area contributed by atoms with Crippen molar-refractivity contribution in [3.05, 3.63) is 279 Å². The van der Waals surface area contributed by atoms with Gasteiger partial charge in [0.2, 0.25) is 5.95 Å². The van der Waals surface area contributed by atoms with Crippen molar-refractivity contribution in [3.8, 4) is 45.9 Å². The van der Waals surface area contributed by atoms with Gasteiger partial charge in [-0.2, -0.15) is 10.2 Å². The molecule has 0 N–H and O–H groups in total. The van der Waals surface area contributed by atoms with Crippen LogP contribution >= 0.6 is 0 Å². The van der Waals surface area contributed by atoms with Crippen LogP contribution in [0.1, 0.15) is 5.56 Å². The molecule has 0 saturated carbocycles. The minimum atomic E-state index is 0.500. The van der Waals surface area contributed by atoms with Crippen LogP contribution in [0.4, 0.5) is 0 Å². The van der Waals surface area contributed by atoms with Gasteiger partial charge in [-0.1, -0.05) is 140 Å². The van der Waals surface area contributed by atoms with Crippen LogP contribution in [0.2, 0.25) is 0 Å². The molecule has 12 aromatic carbocycles. The molecule has 0 fully saturated rings. The first-order chi connectivity index (χ1) is 48.1. The number of nitriles is 1. The topological polar surface area (TPSA) is 112 Å². The van der Waals surface area contributed by atoms with Crippen molar-refractivity contribution in [3.63, 3.8) is 0 Å². The fourth-order valence-corrected chi connectivity index (χ4v) is 17.1. The third-order valence-electron chi connectivity index (χ3n) is 21.1. The van der Waals surface area contributed by atoms with Crippen LogP contribution in [-0.2, 0) is 0 Å². The molecule has 0 aliphatic heterocycles. The Bertz CT molecular complexity index is 7520. The van der Waals surface area contributed by atoms with E-state index in [-0.39, 0.29) is 0 Å². The van der Waals surface area contributed by atoms with Crippen molar-refractivity contribution in [2.75, 3.05) is 0 Å². The fourth-order valence-electron chi connectivity index (χ4n) is 17.1. The van der Waals surface area contributed by atoms with E-state index in [9.17, 15) is 5.26 Å². The summed E-state index contributed by atoms with van der Waals surface area (Å²) in [5.41, 5.74) is 19.0. The quantitative estimate of drug-likeness (QED) is 0.170. The molecule has 0 spiro atoms. The number of hydrogen-bond acceptors (Lipinski definition) is 6. The summed E-state index contributed by atoms with van der Waals surface area (Å²) in [4.78, 5) is 26.2. The van der Waals surface area contributed by atoms with Crippen molar-refractivity contribution in [1.82, 2.24) is 47.4 Å². The number of benzene rings is 12. The van der Waals surface area contributed by atoms with E-state index in [0.29, 0.717) is 22.9 Å². The highest BCUT2D eigenvalue weighted by Gasteiger charge is 2.29. The lowest BCUT2D eigenvalue weighted by atomic mass is 9.98. The van der Waals surface area contributed by atoms with Gasteiger partial charge in [-0.25, -0.2) is 15.0 Å². The van der Waals surface area contributed by atoms with Crippen LogP contribution in [0, 0.1) is 11.3 Å². The van der Waals surface area contributed by atoms with Crippen molar-refractivity contribution >= 4 is 174 Å². The minimum absolute atomic E-state index is 0.500. The number of hydrogen-bond donors (Lipinski definition) is 0. The van der Waals surface area contributed by atoms with E-state index in [4.69, 9.17) is 24.9 Å². The van der Waals surface area contributed by atoms with Crippen molar-refractivity contribution in [2.45, 2.75) is 0 Å². The summed E-state index contributed by atoms with van der Waals surface area (Å²) in [6.45, 7) is 0. The lowest BCUT2D eigenvalue weighted by Crippen LogP contribution is -2.04. The highest BCUT2D eigenvalue weighted by molar-refractivity contribution is 6.37. The smallest absolute Gasteiger partial charge is 0.237 e. The molecule has 444 valence electrons. The van der Waals surface area contributed by atoms with E-state index < -0.39 is 0 Å². The van der Waals surface area contributed by atoms with Crippen LogP contribution in [0.15, 0.2) is 274 Å². The standard InChI is InChI=1S/C86H45N11/c87-43-47-15-13-20-53(35-47)80-59-25-14-34-89-85(59)92-86(91-80)97-70-28-11-7-23-57(70)63-42-64-60-38-52(30-32-72(60)95-74-40-51-19-4-2-17-49(51)37-66(74)79(82(64)95)84(63)97)67-45-88-46-75-77(67)58-24-8-12-29-71(58)93(75)54-31-33-76(90-44-54)96-69-27-10-6-22-56(69)62-41-61-55-21-5-9-26-68(55)94-73-39-50-18-3-1-16-48(50)36-65(73)78(81(61)94)83(62)96/h1-42,44-46H. The van der Waals surface area contributed by atoms with Crippen molar-refractivity contribution < 1.29 is 0 Å². The Morgan fingerprint density at radius 1 is 0.320 bits per heavy atom. The van der Waals surface area contributed by atoms with Crippen LogP contribution in [-0.4, -0.2) is 47.4 Å². The van der Waals surface area contributed by atoms with Crippen molar-refractivity contribution in [1.29, 1.82) is 5.26 Å². The Labute approximate surface area is 548 Å². The molecule has 0 aliphatic carbocycles. The highest BCUT2D eigenvalue weighted by Crippen LogP contribution is 2.51. The summed E-state index contributed by atoms with van der Waals surface area (Å²) in [5.74, 6) is 1.34. The van der Waals surface area contributed by atoms with Gasteiger partial charge in [0.15, 0.2) is 5.65 Å². The first-order valence-corrected chi connectivity index (χ1v) is 32.7. The third kappa shape index (κ3) is 6.59. The molecule has 97 heavy (non-hydrogen) atoms. The zero-order valence-corrected chi connectivity index (χ0v) is 51.4. The second kappa shape index (κ2) is 18.4. The first-order valence-electron chi connectivity index (χ1n) is 32.7. The number of nitrogens with zero attached hydrogens (tertiary/aromatic N) is 11. The normalized spacial score (nSPS) is 12.5. The van der Waals surface area contributed by atoms with Crippen LogP contribution in [0.25, 0.3) is 214 Å². The highest BCUT2D eigenvalue weighted by atomic mass is 15.2. The molecule has 11 heteroatoms. The third-order valence-corrected chi connectivity index (χ3v) is 21.1. The zero-order chi connectivity index (χ0) is 63.0. The second-order valence-electron chi connectivity index (χ2n) is 25.9. The molecule has 0 radical (unpaired) electrons. The molecule has 23 aromatic rings. The van der Waals surface area contributed by atoms with Crippen LogP contribution in [0.5, 0.6) is 0 Å². The minimum Gasteiger partial charge on any atom is -0.308 e. The van der Waals surface area contributed by atoms with E-state index in [2.05, 4.69) is 241 Å². The largest absolute Gasteiger partial charge is 0.308 e. The van der Waals surface area contributed by atoms with Gasteiger partial charge in [0, 0.05) is 104 Å². The Kier molecular flexibility index (Phi) is 9.67. The summed E-state index contributed by atoms with van der Waals surface area (Å²) >= 11 is 0. The number of para-hydroxylation sites is 4. The molecule has 11 nitrogen and oxygen atoms in total. The van der Waals surface area contributed by atoms with Gasteiger partial charge in [-0.05, 0) is 136 Å². The van der Waals surface area contributed by atoms with E-state index >= 15 is 0 Å². The van der Waals surface area contributed by atoms with Gasteiger partial charge in [-0.15, -0.1) is 0 Å². The summed E-state index contributed by atoms with van der Waals surface area (Å²) in [5, 5.41) is 31.9. The maximum absolute atomic E-state index is 10.0. The summed E-state index contributed by atoms with van der Waals surface area (Å²) in [6.07, 6.45) is 7.87. The van der Waals surface area contributed by atoms with Crippen LogP contribution < -0.4 is 0 Å². The Morgan fingerprint density at radius 3 is 1.56 bits per heavy atom. The molecule has 0 atom stereocenters. The van der Waals surface area contributed by atoms with Gasteiger partial charge < -0.3 is 13.4 Å². The maximum Gasteiger partial charge on any atom is 0.237 e. The van der Waals surface area contributed by atoms with Gasteiger partial charge in [0.05, 0.1) is 102 Å². The molecule has 0 saturated heterocycles. The predicted molar refractivity (Wildman–Crippen MR) is 396 cm³/mol. The van der Waals surface area contributed by atoms with Gasteiger partial charge in [0.1, 0.15) is 5.82 Å². The van der Waals surface area contributed by atoms with Crippen LogP contribution in [0.3, 0.4) is 0 Å². The molecule has 23 rings (SSSR count). The molecule has 11 heterocycles. The number of fused-ring (bicyclic) bond motifs is 26. The Morgan fingerprint density at radius 2 is 0.887 bits per heavy atom.